The van der Waals surface area contributed by atoms with Crippen molar-refractivity contribution in [3.63, 3.8) is 0 Å². The molecule has 1 aliphatic rings. The number of aromatic carboxylic acids is 1. The van der Waals surface area contributed by atoms with Crippen LogP contribution in [0, 0.1) is 0 Å². The summed E-state index contributed by atoms with van der Waals surface area (Å²) in [4.78, 5) is 33.4. The lowest BCUT2D eigenvalue weighted by Crippen LogP contribution is -2.33. The van der Waals surface area contributed by atoms with E-state index in [4.69, 9.17) is 10.8 Å². The molecule has 2 heterocycles. The zero-order valence-electron chi connectivity index (χ0n) is 12.0. The third-order valence-corrected chi connectivity index (χ3v) is 3.28. The Morgan fingerprint density at radius 3 is 2.78 bits per heavy atom. The summed E-state index contributed by atoms with van der Waals surface area (Å²) in [5, 5.41) is 14.8. The van der Waals surface area contributed by atoms with Crippen LogP contribution in [0.3, 0.4) is 0 Å². The quantitative estimate of drug-likeness (QED) is 0.554. The molecule has 3 rings (SSSR count). The van der Waals surface area contributed by atoms with Gasteiger partial charge in [0.1, 0.15) is 11.5 Å². The number of nitrogen functional groups attached to an aromatic ring is 1. The molecule has 1 aromatic carbocycles. The molecule has 0 spiro atoms. The first kappa shape index (κ1) is 14.6. The van der Waals surface area contributed by atoms with Gasteiger partial charge in [0.25, 0.3) is 5.56 Å². The fraction of sp³-hybridized carbons (Fsp3) is 0.143. The van der Waals surface area contributed by atoms with Crippen molar-refractivity contribution in [2.75, 3.05) is 22.9 Å². The van der Waals surface area contributed by atoms with Crippen LogP contribution in [0.4, 0.5) is 17.5 Å². The van der Waals surface area contributed by atoms with Gasteiger partial charge < -0.3 is 21.5 Å². The number of benzene rings is 1. The van der Waals surface area contributed by atoms with Crippen molar-refractivity contribution in [3.05, 3.63) is 45.7 Å². The number of amidine groups is 1. The molecular formula is C14H14N6O3. The minimum Gasteiger partial charge on any atom is -0.478 e. The summed E-state index contributed by atoms with van der Waals surface area (Å²) in [5.74, 6) is 0.0402. The molecule has 0 bridgehead atoms. The number of aromatic amines is 1. The monoisotopic (exact) mass is 314 g/mol. The second kappa shape index (κ2) is 5.79. The number of hydrogen-bond acceptors (Lipinski definition) is 6. The summed E-state index contributed by atoms with van der Waals surface area (Å²) in [6.07, 6.45) is 0. The van der Waals surface area contributed by atoms with Crippen molar-refractivity contribution >= 4 is 29.3 Å². The van der Waals surface area contributed by atoms with E-state index in [1.807, 2.05) is 0 Å². The Bertz CT molecular complexity index is 841. The first-order chi connectivity index (χ1) is 11.0. The highest BCUT2D eigenvalue weighted by Crippen LogP contribution is 2.18. The van der Waals surface area contributed by atoms with Crippen molar-refractivity contribution in [1.82, 2.24) is 9.97 Å². The molecule has 1 aliphatic heterocycles. The largest absolute Gasteiger partial charge is 0.478 e. The molecule has 6 N–H and O–H groups in total. The lowest BCUT2D eigenvalue weighted by molar-refractivity contribution is 0.0697. The number of carbonyl (C=O) groups is 1. The van der Waals surface area contributed by atoms with E-state index in [1.54, 1.807) is 12.1 Å². The summed E-state index contributed by atoms with van der Waals surface area (Å²) in [7, 11) is 0. The normalized spacial score (nSPS) is 14.7. The van der Waals surface area contributed by atoms with E-state index in [2.05, 4.69) is 25.6 Å². The van der Waals surface area contributed by atoms with Crippen LogP contribution in [0.25, 0.3) is 0 Å². The maximum absolute atomic E-state index is 11.8. The van der Waals surface area contributed by atoms with Gasteiger partial charge in [-0.25, -0.2) is 4.79 Å². The van der Waals surface area contributed by atoms with Gasteiger partial charge in [-0.2, -0.15) is 4.98 Å². The summed E-state index contributed by atoms with van der Waals surface area (Å²) in [5.41, 5.74) is 6.46. The number of aromatic nitrogens is 2. The highest BCUT2D eigenvalue weighted by atomic mass is 16.4. The number of nitrogens with zero attached hydrogens (tertiary/aromatic N) is 2. The number of fused-ring (bicyclic) bond motifs is 1. The van der Waals surface area contributed by atoms with E-state index in [0.717, 1.165) is 5.56 Å². The molecule has 9 nitrogen and oxygen atoms in total. The van der Waals surface area contributed by atoms with Gasteiger partial charge in [-0.3, -0.25) is 14.8 Å². The standard InChI is InChI=1S/C14H14N6O3/c15-14-19-11-10(12(21)20-14)18-9(6-17-11)16-5-7-1-3-8(4-2-7)13(22)23/h1-4H,5-6H2,(H,16,18)(H,22,23)(H4,15,17,19,20,21). The van der Waals surface area contributed by atoms with Crippen molar-refractivity contribution in [2.45, 2.75) is 6.54 Å². The van der Waals surface area contributed by atoms with Crippen LogP contribution < -0.4 is 21.9 Å². The molecule has 0 radical (unpaired) electrons. The van der Waals surface area contributed by atoms with Crippen molar-refractivity contribution in [2.24, 2.45) is 4.99 Å². The Balaban J connectivity index is 1.74. The van der Waals surface area contributed by atoms with Gasteiger partial charge in [0.05, 0.1) is 18.7 Å². The van der Waals surface area contributed by atoms with Crippen LogP contribution in [-0.2, 0) is 6.54 Å². The molecule has 23 heavy (non-hydrogen) atoms. The number of H-pyrrole nitrogens is 1. The van der Waals surface area contributed by atoms with Crippen LogP contribution in [0.1, 0.15) is 15.9 Å². The highest BCUT2D eigenvalue weighted by molar-refractivity contribution is 6.03. The maximum Gasteiger partial charge on any atom is 0.335 e. The van der Waals surface area contributed by atoms with E-state index < -0.39 is 5.97 Å². The number of anilines is 3. The second-order valence-corrected chi connectivity index (χ2v) is 4.92. The molecule has 0 aliphatic carbocycles. The van der Waals surface area contributed by atoms with Gasteiger partial charge >= 0.3 is 5.97 Å². The Hall–Kier alpha value is -3.36. The Morgan fingerprint density at radius 2 is 2.09 bits per heavy atom. The molecule has 0 atom stereocenters. The predicted molar refractivity (Wildman–Crippen MR) is 85.9 cm³/mol. The first-order valence-electron chi connectivity index (χ1n) is 6.79. The number of rotatable bonds is 3. The zero-order valence-corrected chi connectivity index (χ0v) is 12.0. The fourth-order valence-corrected chi connectivity index (χ4v) is 2.13. The minimum absolute atomic E-state index is 0.0435. The molecular weight excluding hydrogens is 300 g/mol. The summed E-state index contributed by atoms with van der Waals surface area (Å²) in [6.45, 7) is 0.746. The van der Waals surface area contributed by atoms with Crippen LogP contribution in [-0.4, -0.2) is 33.4 Å². The molecule has 0 saturated carbocycles. The van der Waals surface area contributed by atoms with Gasteiger partial charge in [0.2, 0.25) is 5.95 Å². The first-order valence-corrected chi connectivity index (χ1v) is 6.79. The molecule has 2 aromatic rings. The smallest absolute Gasteiger partial charge is 0.335 e. The summed E-state index contributed by atoms with van der Waals surface area (Å²) in [6, 6.07) is 6.45. The lowest BCUT2D eigenvalue weighted by atomic mass is 10.1. The average molecular weight is 314 g/mol. The summed E-state index contributed by atoms with van der Waals surface area (Å²) < 4.78 is 0. The topological polar surface area (TPSA) is 145 Å². The van der Waals surface area contributed by atoms with E-state index in [0.29, 0.717) is 24.7 Å². The number of nitrogens with two attached hydrogens (primary N) is 1. The van der Waals surface area contributed by atoms with Crippen LogP contribution >= 0.6 is 0 Å². The molecule has 0 amide bonds. The zero-order chi connectivity index (χ0) is 16.4. The molecule has 118 valence electrons. The Kier molecular flexibility index (Phi) is 3.67. The SMILES string of the molecule is Nc1nc2c(c(=O)[nH]1)NC(=NCc1ccc(C(=O)O)cc1)CN2. The van der Waals surface area contributed by atoms with E-state index in [9.17, 15) is 9.59 Å². The third kappa shape index (κ3) is 3.12. The molecule has 9 heteroatoms. The number of carboxylic acids is 1. The Labute approximate surface area is 130 Å². The third-order valence-electron chi connectivity index (χ3n) is 3.28. The van der Waals surface area contributed by atoms with Gasteiger partial charge in [0, 0.05) is 0 Å². The van der Waals surface area contributed by atoms with Crippen LogP contribution in [0.15, 0.2) is 34.1 Å². The number of carboxylic acid groups (broad SMARTS) is 1. The lowest BCUT2D eigenvalue weighted by Gasteiger charge is -2.19. The van der Waals surface area contributed by atoms with E-state index in [-0.39, 0.29) is 22.8 Å². The number of nitrogens with one attached hydrogen (secondary N) is 3. The van der Waals surface area contributed by atoms with Gasteiger partial charge in [-0.15, -0.1) is 0 Å². The van der Waals surface area contributed by atoms with E-state index >= 15 is 0 Å². The van der Waals surface area contributed by atoms with Crippen molar-refractivity contribution in [1.29, 1.82) is 0 Å². The molecule has 1 aromatic heterocycles. The number of hydrogen-bond donors (Lipinski definition) is 5. The molecule has 0 unspecified atom stereocenters. The van der Waals surface area contributed by atoms with Gasteiger partial charge in [0.15, 0.2) is 5.82 Å². The minimum atomic E-state index is -0.969. The van der Waals surface area contributed by atoms with Crippen LogP contribution in [0.5, 0.6) is 0 Å². The highest BCUT2D eigenvalue weighted by Gasteiger charge is 2.17. The van der Waals surface area contributed by atoms with Gasteiger partial charge in [-0.1, -0.05) is 12.1 Å². The van der Waals surface area contributed by atoms with Gasteiger partial charge in [-0.05, 0) is 17.7 Å². The second-order valence-electron chi connectivity index (χ2n) is 4.92. The predicted octanol–water partition coefficient (Wildman–Crippen LogP) is 0.486. The number of aliphatic imine (C=N–C) groups is 1. The molecule has 0 saturated heterocycles. The van der Waals surface area contributed by atoms with E-state index in [1.165, 1.54) is 12.1 Å². The van der Waals surface area contributed by atoms with Crippen molar-refractivity contribution in [3.8, 4) is 0 Å². The summed E-state index contributed by atoms with van der Waals surface area (Å²) >= 11 is 0. The Morgan fingerprint density at radius 1 is 1.35 bits per heavy atom. The van der Waals surface area contributed by atoms with Crippen LogP contribution in [0.2, 0.25) is 0 Å². The average Bonchev–Trinajstić information content (AvgIpc) is 2.53. The maximum atomic E-state index is 11.8. The fourth-order valence-electron chi connectivity index (χ4n) is 2.13. The molecule has 0 fully saturated rings. The van der Waals surface area contributed by atoms with Crippen molar-refractivity contribution < 1.29 is 9.90 Å².